The lowest BCUT2D eigenvalue weighted by Crippen LogP contribution is -2.51. The van der Waals surface area contributed by atoms with Gasteiger partial charge in [-0.15, -0.1) is 0 Å². The van der Waals surface area contributed by atoms with Crippen molar-refractivity contribution in [2.24, 2.45) is 5.92 Å². The molecular weight excluding hydrogens is 327 g/mol. The van der Waals surface area contributed by atoms with Crippen LogP contribution in [-0.4, -0.2) is 53.8 Å². The first-order valence-electron chi connectivity index (χ1n) is 6.69. The Labute approximate surface area is 120 Å². The lowest BCUT2D eigenvalue weighted by atomic mass is 10.1. The molecule has 1 aliphatic heterocycles. The van der Waals surface area contributed by atoms with Gasteiger partial charge in [0.2, 0.25) is 0 Å². The average molecular weight is 354 g/mol. The van der Waals surface area contributed by atoms with Gasteiger partial charge in [-0.3, -0.25) is 4.90 Å². The van der Waals surface area contributed by atoms with Crippen LogP contribution in [-0.2, 0) is 4.74 Å². The highest BCUT2D eigenvalue weighted by Crippen LogP contribution is 2.10. The van der Waals surface area contributed by atoms with Crippen LogP contribution in [0.3, 0.4) is 0 Å². The minimum Gasteiger partial charge on any atom is -0.374 e. The van der Waals surface area contributed by atoms with Crippen LogP contribution in [0, 0.1) is 5.92 Å². The summed E-state index contributed by atoms with van der Waals surface area (Å²) in [6, 6.07) is 1.24. The van der Waals surface area contributed by atoms with Gasteiger partial charge in [-0.05, 0) is 19.8 Å². The van der Waals surface area contributed by atoms with Crippen LogP contribution in [0.4, 0.5) is 0 Å². The molecule has 1 heterocycles. The first kappa shape index (κ1) is 15.7. The van der Waals surface area contributed by atoms with Crippen LogP contribution in [0.1, 0.15) is 27.7 Å². The number of morpholine rings is 1. The molecule has 0 aromatic rings. The molecule has 3 nitrogen and oxygen atoms in total. The van der Waals surface area contributed by atoms with Crippen LogP contribution < -0.4 is 5.32 Å². The SMILES string of the molecule is CC(C)C(CI)NCC1CN(C(C)C)CCO1. The predicted octanol–water partition coefficient (Wildman–Crippen LogP) is 2.14. The minimum atomic E-state index is 0.357. The lowest BCUT2D eigenvalue weighted by molar-refractivity contribution is -0.0383. The van der Waals surface area contributed by atoms with E-state index >= 15 is 0 Å². The van der Waals surface area contributed by atoms with Gasteiger partial charge in [0, 0.05) is 36.1 Å². The molecule has 1 saturated heterocycles. The van der Waals surface area contributed by atoms with Crippen LogP contribution in [0.25, 0.3) is 0 Å². The molecule has 102 valence electrons. The maximum absolute atomic E-state index is 5.83. The Hall–Kier alpha value is 0.610. The second-order valence-corrected chi connectivity index (χ2v) is 6.38. The number of ether oxygens (including phenoxy) is 1. The average Bonchev–Trinajstić information content (AvgIpc) is 2.29. The van der Waals surface area contributed by atoms with Gasteiger partial charge in [-0.2, -0.15) is 0 Å². The smallest absolute Gasteiger partial charge is 0.0826 e. The van der Waals surface area contributed by atoms with Crippen LogP contribution in [0.15, 0.2) is 0 Å². The highest BCUT2D eigenvalue weighted by Gasteiger charge is 2.23. The van der Waals surface area contributed by atoms with E-state index < -0.39 is 0 Å². The van der Waals surface area contributed by atoms with Crippen molar-refractivity contribution in [3.8, 4) is 0 Å². The molecule has 1 aliphatic rings. The Morgan fingerprint density at radius 2 is 2.06 bits per heavy atom. The largest absolute Gasteiger partial charge is 0.374 e. The Bertz CT molecular complexity index is 212. The van der Waals surface area contributed by atoms with Gasteiger partial charge >= 0.3 is 0 Å². The fraction of sp³-hybridized carbons (Fsp3) is 1.00. The van der Waals surface area contributed by atoms with Crippen molar-refractivity contribution < 1.29 is 4.74 Å². The second kappa shape index (κ2) is 7.92. The molecule has 0 aromatic carbocycles. The standard InChI is InChI=1S/C13H27IN2O/c1-10(2)13(7-14)15-8-12-9-16(11(3)4)5-6-17-12/h10-13,15H,5-9H2,1-4H3. The molecule has 2 unspecified atom stereocenters. The predicted molar refractivity (Wildman–Crippen MR) is 82.0 cm³/mol. The summed E-state index contributed by atoms with van der Waals surface area (Å²) in [7, 11) is 0. The molecule has 0 radical (unpaired) electrons. The van der Waals surface area contributed by atoms with Crippen LogP contribution in [0.2, 0.25) is 0 Å². The summed E-state index contributed by atoms with van der Waals surface area (Å²) >= 11 is 2.46. The lowest BCUT2D eigenvalue weighted by Gasteiger charge is -2.36. The fourth-order valence-electron chi connectivity index (χ4n) is 2.09. The number of alkyl halides is 1. The molecule has 1 N–H and O–H groups in total. The van der Waals surface area contributed by atoms with Crippen molar-refractivity contribution in [2.75, 3.05) is 30.7 Å². The molecule has 17 heavy (non-hydrogen) atoms. The normalized spacial score (nSPS) is 24.5. The summed E-state index contributed by atoms with van der Waals surface area (Å²) in [6.07, 6.45) is 0.357. The van der Waals surface area contributed by atoms with Gasteiger partial charge < -0.3 is 10.1 Å². The third-order valence-corrected chi connectivity index (χ3v) is 4.43. The van der Waals surface area contributed by atoms with Crippen molar-refractivity contribution in [3.63, 3.8) is 0 Å². The van der Waals surface area contributed by atoms with Crippen LogP contribution >= 0.6 is 22.6 Å². The zero-order valence-electron chi connectivity index (χ0n) is 11.6. The molecule has 1 rings (SSSR count). The van der Waals surface area contributed by atoms with E-state index in [1.54, 1.807) is 0 Å². The van der Waals surface area contributed by atoms with E-state index in [2.05, 4.69) is 60.5 Å². The number of hydrogen-bond donors (Lipinski definition) is 1. The van der Waals surface area contributed by atoms with E-state index in [0.29, 0.717) is 24.1 Å². The van der Waals surface area contributed by atoms with Gasteiger partial charge in [0.15, 0.2) is 0 Å². The van der Waals surface area contributed by atoms with E-state index in [1.807, 2.05) is 0 Å². The molecule has 0 aromatic heterocycles. The molecular formula is C13H27IN2O. The second-order valence-electron chi connectivity index (χ2n) is 5.49. The van der Waals surface area contributed by atoms with Gasteiger partial charge in [0.05, 0.1) is 12.7 Å². The number of nitrogens with one attached hydrogen (secondary N) is 1. The minimum absolute atomic E-state index is 0.357. The van der Waals surface area contributed by atoms with Crippen molar-refractivity contribution in [3.05, 3.63) is 0 Å². The van der Waals surface area contributed by atoms with Crippen molar-refractivity contribution in [2.45, 2.75) is 45.9 Å². The molecule has 1 fully saturated rings. The number of halogens is 1. The van der Waals surface area contributed by atoms with Gasteiger partial charge in [-0.25, -0.2) is 0 Å². The quantitative estimate of drug-likeness (QED) is 0.584. The first-order valence-corrected chi connectivity index (χ1v) is 8.22. The fourth-order valence-corrected chi connectivity index (χ4v) is 3.41. The zero-order chi connectivity index (χ0) is 12.8. The molecule has 4 heteroatoms. The summed E-state index contributed by atoms with van der Waals surface area (Å²) < 4.78 is 6.99. The van der Waals surface area contributed by atoms with E-state index in [1.165, 1.54) is 0 Å². The summed E-state index contributed by atoms with van der Waals surface area (Å²) in [5.41, 5.74) is 0. The van der Waals surface area contributed by atoms with E-state index in [4.69, 9.17) is 4.74 Å². The third-order valence-electron chi connectivity index (χ3n) is 3.48. The van der Waals surface area contributed by atoms with Gasteiger partial charge in [-0.1, -0.05) is 36.4 Å². The summed E-state index contributed by atoms with van der Waals surface area (Å²) in [6.45, 7) is 13.1. The van der Waals surface area contributed by atoms with E-state index in [9.17, 15) is 0 Å². The highest BCUT2D eigenvalue weighted by atomic mass is 127. The van der Waals surface area contributed by atoms with Gasteiger partial charge in [0.1, 0.15) is 0 Å². The Morgan fingerprint density at radius 3 is 2.59 bits per heavy atom. The van der Waals surface area contributed by atoms with E-state index in [0.717, 1.165) is 30.7 Å². The summed E-state index contributed by atoms with van der Waals surface area (Å²) in [5.74, 6) is 0.691. The van der Waals surface area contributed by atoms with E-state index in [-0.39, 0.29) is 0 Å². The van der Waals surface area contributed by atoms with Crippen LogP contribution in [0.5, 0.6) is 0 Å². The third kappa shape index (κ3) is 5.41. The topological polar surface area (TPSA) is 24.5 Å². The number of hydrogen-bond acceptors (Lipinski definition) is 3. The summed E-state index contributed by atoms with van der Waals surface area (Å²) in [5, 5.41) is 3.64. The molecule has 0 aliphatic carbocycles. The molecule has 0 bridgehead atoms. The van der Waals surface area contributed by atoms with Crippen molar-refractivity contribution in [1.29, 1.82) is 0 Å². The van der Waals surface area contributed by atoms with Gasteiger partial charge in [0.25, 0.3) is 0 Å². The maximum Gasteiger partial charge on any atom is 0.0826 e. The number of rotatable bonds is 6. The molecule has 0 amide bonds. The zero-order valence-corrected chi connectivity index (χ0v) is 13.7. The highest BCUT2D eigenvalue weighted by molar-refractivity contribution is 14.1. The molecule has 2 atom stereocenters. The summed E-state index contributed by atoms with van der Waals surface area (Å²) in [4.78, 5) is 2.50. The maximum atomic E-state index is 5.83. The number of nitrogens with zero attached hydrogens (tertiary/aromatic N) is 1. The van der Waals surface area contributed by atoms with Crippen molar-refractivity contribution >= 4 is 22.6 Å². The Kier molecular flexibility index (Phi) is 7.30. The Morgan fingerprint density at radius 1 is 1.35 bits per heavy atom. The monoisotopic (exact) mass is 354 g/mol. The molecule has 0 saturated carbocycles. The molecule has 0 spiro atoms. The Balaban J connectivity index is 2.31. The first-order chi connectivity index (χ1) is 8.04. The van der Waals surface area contributed by atoms with Crippen molar-refractivity contribution in [1.82, 2.24) is 10.2 Å².